The zero-order valence-electron chi connectivity index (χ0n) is 23.6. The number of anilines is 2. The Morgan fingerprint density at radius 2 is 1.62 bits per heavy atom. The highest BCUT2D eigenvalue weighted by Gasteiger charge is 2.48. The van der Waals surface area contributed by atoms with Gasteiger partial charge in [0.25, 0.3) is 11.7 Å². The van der Waals surface area contributed by atoms with Gasteiger partial charge in [-0.15, -0.1) is 0 Å². The first kappa shape index (κ1) is 28.8. The molecule has 1 amide bonds. The van der Waals surface area contributed by atoms with E-state index in [1.54, 1.807) is 24.3 Å². The maximum absolute atomic E-state index is 15.1. The van der Waals surface area contributed by atoms with Crippen molar-refractivity contribution in [3.8, 4) is 5.75 Å². The summed E-state index contributed by atoms with van der Waals surface area (Å²) in [6, 6.07) is 14.1. The molecular formula is C32H34F2N2O4. The average Bonchev–Trinajstić information content (AvgIpc) is 3.18. The molecule has 1 atom stereocenters. The van der Waals surface area contributed by atoms with E-state index in [4.69, 9.17) is 4.74 Å². The van der Waals surface area contributed by atoms with Crippen molar-refractivity contribution in [1.29, 1.82) is 0 Å². The summed E-state index contributed by atoms with van der Waals surface area (Å²) >= 11 is 0. The van der Waals surface area contributed by atoms with Gasteiger partial charge in [-0.25, -0.2) is 8.78 Å². The standard InChI is InChI=1S/C32H34F2N2O4/c1-7-35(8-2)22-13-9-19(10-14-22)28-27(29(37)23-17-20(32(3,4)5)11-16-26(23)40-6)30(38)31(39)36(28)25-15-12-21(33)18-24(25)34/h9-18,28,37H,7-8H2,1-6H3/b29-27+. The molecule has 210 valence electrons. The monoisotopic (exact) mass is 548 g/mol. The van der Waals surface area contributed by atoms with Gasteiger partial charge >= 0.3 is 0 Å². The van der Waals surface area contributed by atoms with Crippen LogP contribution in [0.1, 0.15) is 57.4 Å². The molecule has 6 nitrogen and oxygen atoms in total. The van der Waals surface area contributed by atoms with E-state index >= 15 is 4.39 Å². The molecule has 1 N–H and O–H groups in total. The van der Waals surface area contributed by atoms with E-state index in [1.165, 1.54) is 7.11 Å². The zero-order valence-corrected chi connectivity index (χ0v) is 23.6. The Balaban J connectivity index is 1.99. The van der Waals surface area contributed by atoms with Gasteiger partial charge in [0, 0.05) is 24.8 Å². The van der Waals surface area contributed by atoms with Gasteiger partial charge in [-0.2, -0.15) is 0 Å². The summed E-state index contributed by atoms with van der Waals surface area (Å²) < 4.78 is 34.3. The topological polar surface area (TPSA) is 70.1 Å². The number of ketones is 1. The molecule has 40 heavy (non-hydrogen) atoms. The highest BCUT2D eigenvalue weighted by molar-refractivity contribution is 6.51. The summed E-state index contributed by atoms with van der Waals surface area (Å²) in [5, 5.41) is 11.7. The molecule has 1 fully saturated rings. The molecular weight excluding hydrogens is 514 g/mol. The Kier molecular flexibility index (Phi) is 8.00. The van der Waals surface area contributed by atoms with Crippen molar-refractivity contribution in [2.45, 2.75) is 46.1 Å². The molecule has 1 aliphatic rings. The Morgan fingerprint density at radius 3 is 2.17 bits per heavy atom. The van der Waals surface area contributed by atoms with Crippen molar-refractivity contribution in [3.63, 3.8) is 0 Å². The molecule has 0 aliphatic carbocycles. The lowest BCUT2D eigenvalue weighted by molar-refractivity contribution is -0.132. The number of benzene rings is 3. The molecule has 0 spiro atoms. The lowest BCUT2D eigenvalue weighted by Gasteiger charge is -2.27. The van der Waals surface area contributed by atoms with Gasteiger partial charge in [-0.3, -0.25) is 14.5 Å². The maximum Gasteiger partial charge on any atom is 0.300 e. The SMILES string of the molecule is CCN(CC)c1ccc(C2/C(=C(\O)c3cc(C(C)(C)C)ccc3OC)C(=O)C(=O)N2c2ccc(F)cc2F)cc1. The smallest absolute Gasteiger partial charge is 0.300 e. The minimum absolute atomic E-state index is 0.214. The second-order valence-electron chi connectivity index (χ2n) is 10.7. The van der Waals surface area contributed by atoms with Gasteiger partial charge in [0.1, 0.15) is 23.1 Å². The van der Waals surface area contributed by atoms with Crippen molar-refractivity contribution < 1.29 is 28.2 Å². The fraction of sp³-hybridized carbons (Fsp3) is 0.312. The van der Waals surface area contributed by atoms with Crippen LogP contribution in [0.4, 0.5) is 20.2 Å². The van der Waals surface area contributed by atoms with Gasteiger partial charge in [0.2, 0.25) is 0 Å². The van der Waals surface area contributed by atoms with Crippen LogP contribution in [-0.2, 0) is 15.0 Å². The Bertz CT molecular complexity index is 1470. The van der Waals surface area contributed by atoms with Gasteiger partial charge in [-0.1, -0.05) is 39.0 Å². The number of carbonyl (C=O) groups is 2. The van der Waals surface area contributed by atoms with Crippen LogP contribution >= 0.6 is 0 Å². The van der Waals surface area contributed by atoms with E-state index < -0.39 is 35.1 Å². The third kappa shape index (κ3) is 5.18. The predicted molar refractivity (Wildman–Crippen MR) is 153 cm³/mol. The van der Waals surface area contributed by atoms with Crippen LogP contribution in [0.25, 0.3) is 5.76 Å². The van der Waals surface area contributed by atoms with Crippen LogP contribution in [0.15, 0.2) is 66.2 Å². The molecule has 1 saturated heterocycles. The summed E-state index contributed by atoms with van der Waals surface area (Å²) in [7, 11) is 1.44. The predicted octanol–water partition coefficient (Wildman–Crippen LogP) is 6.74. The van der Waals surface area contributed by atoms with E-state index in [2.05, 4.69) is 4.90 Å². The number of aliphatic hydroxyl groups excluding tert-OH is 1. The molecule has 0 radical (unpaired) electrons. The molecule has 0 aromatic heterocycles. The maximum atomic E-state index is 15.1. The molecule has 1 unspecified atom stereocenters. The molecule has 8 heteroatoms. The van der Waals surface area contributed by atoms with Gasteiger partial charge < -0.3 is 14.7 Å². The van der Waals surface area contributed by atoms with E-state index in [9.17, 15) is 19.1 Å². The average molecular weight is 549 g/mol. The van der Waals surface area contributed by atoms with Crippen LogP contribution in [0.3, 0.4) is 0 Å². The molecule has 0 bridgehead atoms. The number of hydrogen-bond donors (Lipinski definition) is 1. The second kappa shape index (κ2) is 11.1. The number of nitrogens with zero attached hydrogens (tertiary/aromatic N) is 2. The first-order valence-corrected chi connectivity index (χ1v) is 13.2. The Morgan fingerprint density at radius 1 is 0.975 bits per heavy atom. The van der Waals surface area contributed by atoms with E-state index in [1.807, 2.05) is 52.8 Å². The van der Waals surface area contributed by atoms with Crippen molar-refractivity contribution >= 4 is 28.8 Å². The summed E-state index contributed by atoms with van der Waals surface area (Å²) in [4.78, 5) is 30.1. The number of aliphatic hydroxyl groups is 1. The first-order valence-electron chi connectivity index (χ1n) is 13.2. The number of hydrogen-bond acceptors (Lipinski definition) is 5. The highest BCUT2D eigenvalue weighted by atomic mass is 19.1. The number of halogens is 2. The van der Waals surface area contributed by atoms with Crippen molar-refractivity contribution in [3.05, 3.63) is 94.6 Å². The number of rotatable bonds is 7. The lowest BCUT2D eigenvalue weighted by Crippen LogP contribution is -2.30. The molecule has 1 aliphatic heterocycles. The summed E-state index contributed by atoms with van der Waals surface area (Å²) in [6.07, 6.45) is 0. The van der Waals surface area contributed by atoms with Crippen molar-refractivity contribution in [1.82, 2.24) is 0 Å². The first-order chi connectivity index (χ1) is 18.9. The van der Waals surface area contributed by atoms with Crippen LogP contribution in [0, 0.1) is 11.6 Å². The van der Waals surface area contributed by atoms with Crippen LogP contribution in [-0.4, -0.2) is 37.0 Å². The molecule has 3 aromatic rings. The van der Waals surface area contributed by atoms with Crippen LogP contribution in [0.2, 0.25) is 0 Å². The third-order valence-electron chi connectivity index (χ3n) is 7.27. The van der Waals surface area contributed by atoms with E-state index in [-0.39, 0.29) is 22.2 Å². The van der Waals surface area contributed by atoms with Crippen molar-refractivity contribution in [2.24, 2.45) is 0 Å². The number of ether oxygens (including phenoxy) is 1. The number of methoxy groups -OCH3 is 1. The minimum Gasteiger partial charge on any atom is -0.507 e. The normalized spacial score (nSPS) is 16.9. The largest absolute Gasteiger partial charge is 0.507 e. The third-order valence-corrected chi connectivity index (χ3v) is 7.27. The van der Waals surface area contributed by atoms with E-state index in [0.29, 0.717) is 17.4 Å². The fourth-order valence-corrected chi connectivity index (χ4v) is 5.03. The quantitative estimate of drug-likeness (QED) is 0.201. The van der Waals surface area contributed by atoms with Gasteiger partial charge in [0.15, 0.2) is 0 Å². The number of Topliss-reactive ketones (excluding diaryl/α,β-unsaturated/α-hetero) is 1. The summed E-state index contributed by atoms with van der Waals surface area (Å²) in [5.74, 6) is -3.97. The van der Waals surface area contributed by atoms with Crippen molar-refractivity contribution in [2.75, 3.05) is 30.0 Å². The number of amides is 1. The zero-order chi connectivity index (χ0) is 29.4. The molecule has 4 rings (SSSR count). The second-order valence-corrected chi connectivity index (χ2v) is 10.7. The van der Waals surface area contributed by atoms with E-state index in [0.717, 1.165) is 41.4 Å². The molecule has 0 saturated carbocycles. The molecule has 1 heterocycles. The summed E-state index contributed by atoms with van der Waals surface area (Å²) in [5.41, 5.74) is 1.74. The van der Waals surface area contributed by atoms with Gasteiger partial charge in [0.05, 0.1) is 30.0 Å². The summed E-state index contributed by atoms with van der Waals surface area (Å²) in [6.45, 7) is 11.6. The molecule has 3 aromatic carbocycles. The Labute approximate surface area is 233 Å². The van der Waals surface area contributed by atoms with Crippen LogP contribution in [0.5, 0.6) is 5.75 Å². The number of carbonyl (C=O) groups excluding carboxylic acids is 2. The van der Waals surface area contributed by atoms with Gasteiger partial charge in [-0.05, 0) is 66.8 Å². The lowest BCUT2D eigenvalue weighted by atomic mass is 9.85. The minimum atomic E-state index is -1.17. The Hall–Kier alpha value is -4.20. The highest BCUT2D eigenvalue weighted by Crippen LogP contribution is 2.44. The fourth-order valence-electron chi connectivity index (χ4n) is 5.03. The van der Waals surface area contributed by atoms with Crippen LogP contribution < -0.4 is 14.5 Å².